The molecule has 0 aliphatic rings. The van der Waals surface area contributed by atoms with Crippen molar-refractivity contribution in [3.05, 3.63) is 58.9 Å². The minimum Gasteiger partial charge on any atom is -0.495 e. The lowest BCUT2D eigenvalue weighted by Crippen LogP contribution is -2.22. The van der Waals surface area contributed by atoms with Crippen molar-refractivity contribution < 1.29 is 4.74 Å². The highest BCUT2D eigenvalue weighted by atomic mass is 32.2. The van der Waals surface area contributed by atoms with Gasteiger partial charge < -0.3 is 4.74 Å². The highest BCUT2D eigenvalue weighted by molar-refractivity contribution is 8.00. The molecule has 0 spiro atoms. The topological polar surface area (TPSA) is 67.9 Å². The minimum atomic E-state index is -0.334. The molecule has 1 heterocycles. The first-order valence-corrected chi connectivity index (χ1v) is 8.25. The third-order valence-corrected chi connectivity index (χ3v) is 4.48. The number of para-hydroxylation sites is 3. The van der Waals surface area contributed by atoms with Gasteiger partial charge in [-0.1, -0.05) is 36.0 Å². The minimum absolute atomic E-state index is 0.183. The van der Waals surface area contributed by atoms with Gasteiger partial charge in [-0.3, -0.25) is 9.36 Å². The molecule has 1 atom stereocenters. The normalized spacial score (nSPS) is 11.9. The summed E-state index contributed by atoms with van der Waals surface area (Å²) in [5.74, 6) is 0.572. The Morgan fingerprint density at radius 1 is 1.21 bits per heavy atom. The number of hydrogen-bond acceptors (Lipinski definition) is 5. The van der Waals surface area contributed by atoms with Crippen LogP contribution in [0.25, 0.3) is 16.6 Å². The van der Waals surface area contributed by atoms with E-state index in [9.17, 15) is 4.79 Å². The number of thioether (sulfide) groups is 1. The summed E-state index contributed by atoms with van der Waals surface area (Å²) >= 11 is 1.25. The Morgan fingerprint density at radius 2 is 1.92 bits per heavy atom. The highest BCUT2D eigenvalue weighted by Gasteiger charge is 2.17. The molecule has 0 fully saturated rings. The molecule has 0 aliphatic carbocycles. The van der Waals surface area contributed by atoms with Crippen molar-refractivity contribution in [2.24, 2.45) is 0 Å². The Bertz CT molecular complexity index is 991. The van der Waals surface area contributed by atoms with Crippen LogP contribution in [0.3, 0.4) is 0 Å². The first kappa shape index (κ1) is 16.1. The number of ether oxygens (including phenoxy) is 1. The molecule has 3 rings (SSSR count). The molecule has 3 aromatic rings. The van der Waals surface area contributed by atoms with Crippen molar-refractivity contribution in [3.8, 4) is 17.5 Å². The van der Waals surface area contributed by atoms with E-state index >= 15 is 0 Å². The lowest BCUT2D eigenvalue weighted by Gasteiger charge is -2.16. The average molecular weight is 337 g/mol. The van der Waals surface area contributed by atoms with E-state index < -0.39 is 0 Å². The van der Waals surface area contributed by atoms with Crippen LogP contribution in [0.2, 0.25) is 0 Å². The summed E-state index contributed by atoms with van der Waals surface area (Å²) < 4.78 is 6.90. The Balaban J connectivity index is 2.35. The zero-order chi connectivity index (χ0) is 17.1. The number of hydrogen-bond donors (Lipinski definition) is 0. The fraction of sp³-hybridized carbons (Fsp3) is 0.167. The van der Waals surface area contributed by atoms with Gasteiger partial charge in [-0.2, -0.15) is 5.26 Å². The Labute approximate surface area is 143 Å². The van der Waals surface area contributed by atoms with Crippen LogP contribution in [0.15, 0.2) is 58.5 Å². The van der Waals surface area contributed by atoms with Gasteiger partial charge >= 0.3 is 0 Å². The van der Waals surface area contributed by atoms with Crippen LogP contribution >= 0.6 is 11.8 Å². The molecule has 0 N–H and O–H groups in total. The number of nitrogens with zero attached hydrogens (tertiary/aromatic N) is 3. The molecular weight excluding hydrogens is 322 g/mol. The molecular formula is C18H15N3O2S. The van der Waals surface area contributed by atoms with E-state index in [1.54, 1.807) is 38.3 Å². The summed E-state index contributed by atoms with van der Waals surface area (Å²) in [5.41, 5.74) is 1.04. The molecule has 0 amide bonds. The summed E-state index contributed by atoms with van der Waals surface area (Å²) in [7, 11) is 1.56. The number of rotatable bonds is 4. The van der Waals surface area contributed by atoms with Crippen LogP contribution in [-0.4, -0.2) is 21.9 Å². The maximum absolute atomic E-state index is 13.1. The summed E-state index contributed by atoms with van der Waals surface area (Å²) in [5, 5.41) is 9.79. The standard InChI is InChI=1S/C18H15N3O2S/c1-12(11-19)24-18-20-14-8-4-3-7-13(14)17(22)21(18)15-9-5-6-10-16(15)23-2/h3-10,12H,1-2H3/t12-/m0/s1. The van der Waals surface area contributed by atoms with E-state index in [0.717, 1.165) is 0 Å². The number of fused-ring (bicyclic) bond motifs is 1. The van der Waals surface area contributed by atoms with Crippen LogP contribution in [0.4, 0.5) is 0 Å². The molecule has 1 aromatic heterocycles. The van der Waals surface area contributed by atoms with Gasteiger partial charge in [0.05, 0.1) is 35.0 Å². The molecule has 120 valence electrons. The van der Waals surface area contributed by atoms with Crippen molar-refractivity contribution in [2.45, 2.75) is 17.3 Å². The second-order valence-corrected chi connectivity index (χ2v) is 6.42. The molecule has 0 radical (unpaired) electrons. The van der Waals surface area contributed by atoms with Gasteiger partial charge in [-0.15, -0.1) is 0 Å². The first-order chi connectivity index (χ1) is 11.7. The molecule has 2 aromatic carbocycles. The van der Waals surface area contributed by atoms with Gasteiger partial charge in [-0.05, 0) is 31.2 Å². The van der Waals surface area contributed by atoms with E-state index in [1.165, 1.54) is 16.3 Å². The monoisotopic (exact) mass is 337 g/mol. The molecule has 0 saturated carbocycles. The molecule has 24 heavy (non-hydrogen) atoms. The summed E-state index contributed by atoms with van der Waals surface area (Å²) in [6, 6.07) is 16.6. The van der Waals surface area contributed by atoms with Crippen LogP contribution < -0.4 is 10.3 Å². The van der Waals surface area contributed by atoms with E-state index in [-0.39, 0.29) is 10.8 Å². The van der Waals surface area contributed by atoms with Gasteiger partial charge in [0.1, 0.15) is 5.75 Å². The summed E-state index contributed by atoms with van der Waals surface area (Å²) in [6.45, 7) is 1.78. The van der Waals surface area contributed by atoms with Crippen molar-refractivity contribution in [3.63, 3.8) is 0 Å². The summed E-state index contributed by atoms with van der Waals surface area (Å²) in [4.78, 5) is 17.7. The second kappa shape index (κ2) is 6.77. The van der Waals surface area contributed by atoms with Crippen molar-refractivity contribution in [2.75, 3.05) is 7.11 Å². The van der Waals surface area contributed by atoms with Crippen molar-refractivity contribution in [1.82, 2.24) is 9.55 Å². The number of methoxy groups -OCH3 is 1. The number of aromatic nitrogens is 2. The maximum atomic E-state index is 13.1. The van der Waals surface area contributed by atoms with Gasteiger partial charge in [-0.25, -0.2) is 4.98 Å². The molecule has 0 aliphatic heterocycles. The van der Waals surface area contributed by atoms with Gasteiger partial charge in [0.2, 0.25) is 0 Å². The fourth-order valence-electron chi connectivity index (χ4n) is 2.40. The molecule has 0 bridgehead atoms. The molecule has 0 unspecified atom stereocenters. The number of benzene rings is 2. The lowest BCUT2D eigenvalue weighted by atomic mass is 10.2. The van der Waals surface area contributed by atoms with Gasteiger partial charge in [0.25, 0.3) is 5.56 Å². The van der Waals surface area contributed by atoms with Crippen LogP contribution in [0.1, 0.15) is 6.92 Å². The van der Waals surface area contributed by atoms with Gasteiger partial charge in [0, 0.05) is 0 Å². The Hall–Kier alpha value is -2.78. The quantitative estimate of drug-likeness (QED) is 0.539. The van der Waals surface area contributed by atoms with Crippen LogP contribution in [-0.2, 0) is 0 Å². The van der Waals surface area contributed by atoms with Crippen LogP contribution in [0.5, 0.6) is 5.75 Å². The van der Waals surface area contributed by atoms with E-state index in [2.05, 4.69) is 11.1 Å². The number of nitriles is 1. The molecule has 6 heteroatoms. The zero-order valence-electron chi connectivity index (χ0n) is 13.3. The third-order valence-electron chi connectivity index (χ3n) is 3.53. The summed E-state index contributed by atoms with van der Waals surface area (Å²) in [6.07, 6.45) is 0. The predicted molar refractivity (Wildman–Crippen MR) is 94.8 cm³/mol. The van der Waals surface area contributed by atoms with E-state index in [0.29, 0.717) is 27.5 Å². The van der Waals surface area contributed by atoms with Gasteiger partial charge in [0.15, 0.2) is 5.16 Å². The highest BCUT2D eigenvalue weighted by Crippen LogP contribution is 2.28. The average Bonchev–Trinajstić information content (AvgIpc) is 2.62. The van der Waals surface area contributed by atoms with Crippen LogP contribution in [0, 0.1) is 11.3 Å². The third kappa shape index (κ3) is 2.86. The second-order valence-electron chi connectivity index (χ2n) is 5.11. The molecule has 5 nitrogen and oxygen atoms in total. The van der Waals surface area contributed by atoms with E-state index in [1.807, 2.05) is 24.3 Å². The lowest BCUT2D eigenvalue weighted by molar-refractivity contribution is 0.411. The smallest absolute Gasteiger partial charge is 0.266 e. The maximum Gasteiger partial charge on any atom is 0.266 e. The predicted octanol–water partition coefficient (Wildman–Crippen LogP) is 3.40. The van der Waals surface area contributed by atoms with Crippen molar-refractivity contribution >= 4 is 22.7 Å². The molecule has 0 saturated heterocycles. The SMILES string of the molecule is COc1ccccc1-n1c(S[C@@H](C)C#N)nc2ccccc2c1=O. The Morgan fingerprint density at radius 3 is 2.67 bits per heavy atom. The van der Waals surface area contributed by atoms with E-state index in [4.69, 9.17) is 10.00 Å². The van der Waals surface area contributed by atoms with Crippen molar-refractivity contribution in [1.29, 1.82) is 5.26 Å². The first-order valence-electron chi connectivity index (χ1n) is 7.37. The Kier molecular flexibility index (Phi) is 4.54. The fourth-order valence-corrected chi connectivity index (χ4v) is 3.21. The largest absolute Gasteiger partial charge is 0.495 e. The zero-order valence-corrected chi connectivity index (χ0v) is 14.1.